The minimum atomic E-state index is -2.93. The fourth-order valence-electron chi connectivity index (χ4n) is 3.25. The minimum absolute atomic E-state index is 0.112. The van der Waals surface area contributed by atoms with Crippen molar-refractivity contribution in [2.24, 2.45) is 5.73 Å². The van der Waals surface area contributed by atoms with Gasteiger partial charge in [0.2, 0.25) is 0 Å². The molecule has 2 atom stereocenters. The van der Waals surface area contributed by atoms with E-state index in [9.17, 15) is 8.42 Å². The molecule has 2 aliphatic heterocycles. The Hall–Kier alpha value is -0.170. The summed E-state index contributed by atoms with van der Waals surface area (Å²) in [7, 11) is -2.93. The summed E-state index contributed by atoms with van der Waals surface area (Å²) >= 11 is 0. The summed E-state index contributed by atoms with van der Waals surface area (Å²) in [6.07, 6.45) is 0.759. The van der Waals surface area contributed by atoms with E-state index in [0.717, 1.165) is 13.1 Å². The van der Waals surface area contributed by atoms with E-state index < -0.39 is 9.84 Å². The molecule has 0 aromatic rings. The molecule has 0 aliphatic carbocycles. The maximum atomic E-state index is 11.8. The van der Waals surface area contributed by atoms with Crippen LogP contribution in [0.5, 0.6) is 0 Å². The molecule has 0 aromatic heterocycles. The summed E-state index contributed by atoms with van der Waals surface area (Å²) in [6, 6.07) is 0. The molecular weight excluding hydrogens is 252 g/mol. The predicted octanol–water partition coefficient (Wildman–Crippen LogP) is 0.00170. The van der Waals surface area contributed by atoms with Crippen LogP contribution in [0.1, 0.15) is 27.2 Å². The van der Waals surface area contributed by atoms with E-state index in [4.69, 9.17) is 10.5 Å². The van der Waals surface area contributed by atoms with Crippen molar-refractivity contribution in [1.29, 1.82) is 0 Å². The van der Waals surface area contributed by atoms with Gasteiger partial charge in [-0.2, -0.15) is 0 Å². The highest BCUT2D eigenvalue weighted by atomic mass is 32.2. The molecule has 2 heterocycles. The van der Waals surface area contributed by atoms with Crippen molar-refractivity contribution in [1.82, 2.24) is 4.90 Å². The van der Waals surface area contributed by atoms with Crippen molar-refractivity contribution in [3.8, 4) is 0 Å². The molecule has 106 valence electrons. The first-order valence-electron chi connectivity index (χ1n) is 6.51. The summed E-state index contributed by atoms with van der Waals surface area (Å²) in [5, 5.41) is 0. The molecule has 5 nitrogen and oxygen atoms in total. The van der Waals surface area contributed by atoms with Crippen LogP contribution >= 0.6 is 0 Å². The Bertz CT molecular complexity index is 421. The van der Waals surface area contributed by atoms with Crippen LogP contribution in [0.2, 0.25) is 0 Å². The van der Waals surface area contributed by atoms with Crippen molar-refractivity contribution >= 4 is 9.84 Å². The maximum absolute atomic E-state index is 11.8. The summed E-state index contributed by atoms with van der Waals surface area (Å²) in [5.74, 6) is 0.454. The van der Waals surface area contributed by atoms with Crippen molar-refractivity contribution < 1.29 is 13.2 Å². The van der Waals surface area contributed by atoms with E-state index >= 15 is 0 Å². The van der Waals surface area contributed by atoms with Gasteiger partial charge in [0.1, 0.15) is 0 Å². The van der Waals surface area contributed by atoms with Gasteiger partial charge in [0.15, 0.2) is 9.84 Å². The van der Waals surface area contributed by atoms with Gasteiger partial charge in [-0.25, -0.2) is 8.42 Å². The Balaban J connectivity index is 2.23. The lowest BCUT2D eigenvalue weighted by Crippen LogP contribution is -2.63. The molecular formula is C12H24N2O3S. The third-order valence-corrected chi connectivity index (χ3v) is 5.79. The largest absolute Gasteiger partial charge is 0.370 e. The van der Waals surface area contributed by atoms with Crippen LogP contribution in [0.25, 0.3) is 0 Å². The summed E-state index contributed by atoms with van der Waals surface area (Å²) in [6.45, 7) is 8.02. The van der Waals surface area contributed by atoms with Crippen LogP contribution in [0.4, 0.5) is 0 Å². The lowest BCUT2D eigenvalue weighted by Gasteiger charge is -2.49. The van der Waals surface area contributed by atoms with Gasteiger partial charge >= 0.3 is 0 Å². The number of hydrogen-bond acceptors (Lipinski definition) is 5. The SMILES string of the molecule is CC1CN(C2(CN)CCS(=O)(=O)C2)CC(C)(C)O1. The van der Waals surface area contributed by atoms with Crippen LogP contribution in [-0.2, 0) is 14.6 Å². The van der Waals surface area contributed by atoms with Crippen LogP contribution < -0.4 is 5.73 Å². The number of sulfone groups is 1. The Morgan fingerprint density at radius 1 is 1.44 bits per heavy atom. The fourth-order valence-corrected chi connectivity index (χ4v) is 5.35. The monoisotopic (exact) mass is 276 g/mol. The van der Waals surface area contributed by atoms with Gasteiger partial charge in [0.25, 0.3) is 0 Å². The molecule has 2 rings (SSSR count). The second-order valence-electron chi connectivity index (χ2n) is 6.34. The second kappa shape index (κ2) is 4.44. The number of morpholine rings is 1. The predicted molar refractivity (Wildman–Crippen MR) is 71.3 cm³/mol. The molecule has 2 N–H and O–H groups in total. The Morgan fingerprint density at radius 2 is 2.11 bits per heavy atom. The zero-order valence-electron chi connectivity index (χ0n) is 11.5. The van der Waals surface area contributed by atoms with Crippen molar-refractivity contribution in [2.45, 2.75) is 44.4 Å². The second-order valence-corrected chi connectivity index (χ2v) is 8.52. The van der Waals surface area contributed by atoms with Gasteiger partial charge in [-0.3, -0.25) is 4.90 Å². The molecule has 0 spiro atoms. The van der Waals surface area contributed by atoms with Gasteiger partial charge < -0.3 is 10.5 Å². The standard InChI is InChI=1S/C12H24N2O3S/c1-10-6-14(8-11(2,3)17-10)12(7-13)4-5-18(15,16)9-12/h10H,4-9,13H2,1-3H3. The molecule has 2 saturated heterocycles. The van der Waals surface area contributed by atoms with Crippen LogP contribution in [-0.4, -0.2) is 61.7 Å². The zero-order chi connectivity index (χ0) is 13.6. The molecule has 0 bridgehead atoms. The average molecular weight is 276 g/mol. The fraction of sp³-hybridized carbons (Fsp3) is 1.00. The minimum Gasteiger partial charge on any atom is -0.370 e. The molecule has 18 heavy (non-hydrogen) atoms. The van der Waals surface area contributed by atoms with E-state index in [1.54, 1.807) is 0 Å². The van der Waals surface area contributed by atoms with Crippen molar-refractivity contribution in [2.75, 3.05) is 31.1 Å². The smallest absolute Gasteiger partial charge is 0.152 e. The van der Waals surface area contributed by atoms with Gasteiger partial charge in [-0.05, 0) is 27.2 Å². The highest BCUT2D eigenvalue weighted by Crippen LogP contribution is 2.33. The number of hydrogen-bond donors (Lipinski definition) is 1. The molecule has 0 amide bonds. The number of rotatable bonds is 2. The number of nitrogens with two attached hydrogens (primary N) is 1. The third kappa shape index (κ3) is 2.71. The first kappa shape index (κ1) is 14.2. The lowest BCUT2D eigenvalue weighted by molar-refractivity contribution is -0.149. The van der Waals surface area contributed by atoms with E-state index in [1.807, 2.05) is 20.8 Å². The highest BCUT2D eigenvalue weighted by Gasteiger charge is 2.48. The molecule has 0 radical (unpaired) electrons. The first-order valence-corrected chi connectivity index (χ1v) is 8.34. The Morgan fingerprint density at radius 3 is 2.56 bits per heavy atom. The van der Waals surface area contributed by atoms with E-state index in [1.165, 1.54) is 0 Å². The first-order chi connectivity index (χ1) is 8.18. The van der Waals surface area contributed by atoms with E-state index in [0.29, 0.717) is 13.0 Å². The molecule has 2 aliphatic rings. The average Bonchev–Trinajstić information content (AvgIpc) is 2.52. The van der Waals surface area contributed by atoms with Crippen molar-refractivity contribution in [3.63, 3.8) is 0 Å². The molecule has 2 fully saturated rings. The molecule has 6 heteroatoms. The molecule has 0 aromatic carbocycles. The van der Waals surface area contributed by atoms with E-state index in [-0.39, 0.29) is 28.7 Å². The van der Waals surface area contributed by atoms with Crippen LogP contribution in [0, 0.1) is 0 Å². The quantitative estimate of drug-likeness (QED) is 0.769. The van der Waals surface area contributed by atoms with Gasteiger partial charge in [-0.15, -0.1) is 0 Å². The van der Waals surface area contributed by atoms with Crippen molar-refractivity contribution in [3.05, 3.63) is 0 Å². The zero-order valence-corrected chi connectivity index (χ0v) is 12.3. The molecule has 2 unspecified atom stereocenters. The third-order valence-electron chi connectivity index (χ3n) is 3.99. The number of ether oxygens (including phenoxy) is 1. The van der Waals surface area contributed by atoms with Gasteiger partial charge in [-0.1, -0.05) is 0 Å². The van der Waals surface area contributed by atoms with Crippen LogP contribution in [0.15, 0.2) is 0 Å². The summed E-state index contributed by atoms with van der Waals surface area (Å²) < 4.78 is 29.4. The van der Waals surface area contributed by atoms with Crippen LogP contribution in [0.3, 0.4) is 0 Å². The summed E-state index contributed by atoms with van der Waals surface area (Å²) in [5.41, 5.74) is 5.28. The van der Waals surface area contributed by atoms with E-state index in [2.05, 4.69) is 4.90 Å². The lowest BCUT2D eigenvalue weighted by atomic mass is 9.92. The van der Waals surface area contributed by atoms with Gasteiger partial charge in [0, 0.05) is 25.2 Å². The molecule has 0 saturated carbocycles. The Labute approximate surface area is 110 Å². The normalized spacial score (nSPS) is 39.9. The highest BCUT2D eigenvalue weighted by molar-refractivity contribution is 7.91. The summed E-state index contributed by atoms with van der Waals surface area (Å²) in [4.78, 5) is 2.24. The topological polar surface area (TPSA) is 72.6 Å². The van der Waals surface area contributed by atoms with Gasteiger partial charge in [0.05, 0.1) is 23.2 Å². The number of nitrogens with zero attached hydrogens (tertiary/aromatic N) is 1. The maximum Gasteiger partial charge on any atom is 0.152 e. The Kier molecular flexibility index (Phi) is 3.51.